The summed E-state index contributed by atoms with van der Waals surface area (Å²) in [5.74, 6) is 0.275. The number of aliphatic imine (C=N–C) groups is 2. The van der Waals surface area contributed by atoms with Gasteiger partial charge in [-0.2, -0.15) is 0 Å². The Hall–Kier alpha value is -2.42. The van der Waals surface area contributed by atoms with Crippen molar-refractivity contribution in [2.24, 2.45) is 9.98 Å². The van der Waals surface area contributed by atoms with Crippen LogP contribution < -0.4 is 0 Å². The summed E-state index contributed by atoms with van der Waals surface area (Å²) in [4.78, 5) is 9.56. The Morgan fingerprint density at radius 2 is 1.38 bits per heavy atom. The summed E-state index contributed by atoms with van der Waals surface area (Å²) in [5.41, 5.74) is 3.18. The molecule has 2 aromatic carbocycles. The molecule has 1 N–H and O–H groups in total. The van der Waals surface area contributed by atoms with Crippen LogP contribution in [0.15, 0.2) is 58.5 Å². The van der Waals surface area contributed by atoms with Crippen LogP contribution in [-0.2, 0) is 0 Å². The van der Waals surface area contributed by atoms with Crippen LogP contribution in [0.3, 0.4) is 0 Å². The fraction of sp³-hybridized carbons (Fsp3) is 0.333. The van der Waals surface area contributed by atoms with Gasteiger partial charge in [0.05, 0.1) is 12.1 Å². The highest BCUT2D eigenvalue weighted by Crippen LogP contribution is 2.24. The molecule has 0 aliphatic heterocycles. The molecule has 1 aliphatic carbocycles. The monoisotopic (exact) mass is 320 g/mol. The van der Waals surface area contributed by atoms with Crippen molar-refractivity contribution in [3.05, 3.63) is 65.2 Å². The lowest BCUT2D eigenvalue weighted by molar-refractivity contribution is 0.390. The molecule has 24 heavy (non-hydrogen) atoms. The van der Waals surface area contributed by atoms with E-state index in [-0.39, 0.29) is 17.8 Å². The van der Waals surface area contributed by atoms with Crippen molar-refractivity contribution >= 4 is 12.4 Å². The van der Waals surface area contributed by atoms with Gasteiger partial charge in [0.2, 0.25) is 0 Å². The second-order valence-electron chi connectivity index (χ2n) is 6.39. The first kappa shape index (κ1) is 16.4. The molecule has 0 spiro atoms. The number of phenols is 1. The van der Waals surface area contributed by atoms with Crippen LogP contribution in [0.25, 0.3) is 0 Å². The molecule has 124 valence electrons. The standard InChI is InChI=1S/C21H24N2O/c1-16-8-2-3-9-17(16)14-22-19-11-5-6-12-20(19)23-15-18-10-4-7-13-21(18)24/h2-4,7-10,13-15,19-20,24H,5-6,11-12H2,1H3/t19-,20-/m0/s1. The molecule has 3 heteroatoms. The normalized spacial score (nSPS) is 21.5. The van der Waals surface area contributed by atoms with Crippen molar-refractivity contribution in [2.45, 2.75) is 44.7 Å². The van der Waals surface area contributed by atoms with Crippen molar-refractivity contribution in [3.63, 3.8) is 0 Å². The van der Waals surface area contributed by atoms with Gasteiger partial charge in [-0.15, -0.1) is 0 Å². The summed E-state index contributed by atoms with van der Waals surface area (Å²) in [7, 11) is 0. The zero-order valence-electron chi connectivity index (χ0n) is 14.1. The SMILES string of the molecule is Cc1ccccc1C=N[C@H]1CCCC[C@@H]1N=Cc1ccccc1O. The molecule has 3 rings (SSSR count). The number of benzene rings is 2. The minimum atomic E-state index is 0.193. The molecule has 1 aliphatic rings. The largest absolute Gasteiger partial charge is 0.507 e. The van der Waals surface area contributed by atoms with Crippen molar-refractivity contribution in [1.82, 2.24) is 0 Å². The van der Waals surface area contributed by atoms with Gasteiger partial charge in [-0.3, -0.25) is 9.98 Å². The fourth-order valence-corrected chi connectivity index (χ4v) is 3.12. The van der Waals surface area contributed by atoms with E-state index in [4.69, 9.17) is 9.98 Å². The van der Waals surface area contributed by atoms with Crippen molar-refractivity contribution in [2.75, 3.05) is 0 Å². The van der Waals surface area contributed by atoms with E-state index < -0.39 is 0 Å². The number of aryl methyl sites for hydroxylation is 1. The van der Waals surface area contributed by atoms with Gasteiger partial charge in [0.25, 0.3) is 0 Å². The topological polar surface area (TPSA) is 45.0 Å². The molecule has 2 atom stereocenters. The van der Waals surface area contributed by atoms with E-state index in [2.05, 4.69) is 19.1 Å². The maximum Gasteiger partial charge on any atom is 0.124 e. The highest BCUT2D eigenvalue weighted by molar-refractivity contribution is 5.83. The lowest BCUT2D eigenvalue weighted by Gasteiger charge is -2.25. The van der Waals surface area contributed by atoms with Crippen LogP contribution >= 0.6 is 0 Å². The van der Waals surface area contributed by atoms with E-state index in [0.29, 0.717) is 0 Å². The first-order valence-electron chi connectivity index (χ1n) is 8.64. The van der Waals surface area contributed by atoms with Crippen LogP contribution in [-0.4, -0.2) is 29.6 Å². The van der Waals surface area contributed by atoms with E-state index in [1.54, 1.807) is 12.3 Å². The van der Waals surface area contributed by atoms with Crippen LogP contribution in [0.1, 0.15) is 42.4 Å². The molecule has 0 bridgehead atoms. The third kappa shape index (κ3) is 4.10. The van der Waals surface area contributed by atoms with Crippen molar-refractivity contribution in [1.29, 1.82) is 0 Å². The summed E-state index contributed by atoms with van der Waals surface area (Å²) in [6.45, 7) is 2.11. The predicted molar refractivity (Wildman–Crippen MR) is 101 cm³/mol. The Kier molecular flexibility index (Phi) is 5.42. The Labute approximate surface area is 143 Å². The van der Waals surface area contributed by atoms with Crippen LogP contribution in [0, 0.1) is 6.92 Å². The van der Waals surface area contributed by atoms with Crippen LogP contribution in [0.2, 0.25) is 0 Å². The van der Waals surface area contributed by atoms with Gasteiger partial charge in [0.1, 0.15) is 5.75 Å². The lowest BCUT2D eigenvalue weighted by Crippen LogP contribution is -2.27. The molecule has 1 fully saturated rings. The molecular formula is C21H24N2O. The zero-order chi connectivity index (χ0) is 16.8. The molecule has 0 amide bonds. The molecule has 2 aromatic rings. The summed E-state index contributed by atoms with van der Waals surface area (Å²) < 4.78 is 0. The zero-order valence-corrected chi connectivity index (χ0v) is 14.1. The Morgan fingerprint density at radius 3 is 2.00 bits per heavy atom. The first-order valence-corrected chi connectivity index (χ1v) is 8.64. The number of nitrogens with zero attached hydrogens (tertiary/aromatic N) is 2. The fourth-order valence-electron chi connectivity index (χ4n) is 3.12. The highest BCUT2D eigenvalue weighted by atomic mass is 16.3. The molecule has 0 unspecified atom stereocenters. The number of aromatic hydroxyl groups is 1. The highest BCUT2D eigenvalue weighted by Gasteiger charge is 2.23. The molecule has 3 nitrogen and oxygen atoms in total. The minimum Gasteiger partial charge on any atom is -0.507 e. The van der Waals surface area contributed by atoms with Gasteiger partial charge in [-0.1, -0.05) is 49.2 Å². The van der Waals surface area contributed by atoms with Gasteiger partial charge in [0.15, 0.2) is 0 Å². The first-order chi connectivity index (χ1) is 11.7. The maximum atomic E-state index is 9.87. The van der Waals surface area contributed by atoms with Gasteiger partial charge in [-0.25, -0.2) is 0 Å². The summed E-state index contributed by atoms with van der Waals surface area (Å²) in [6.07, 6.45) is 8.32. The summed E-state index contributed by atoms with van der Waals surface area (Å²) >= 11 is 0. The number of phenolic OH excluding ortho intramolecular Hbond substituents is 1. The summed E-state index contributed by atoms with van der Waals surface area (Å²) in [5, 5.41) is 9.87. The number of hydrogen-bond acceptors (Lipinski definition) is 3. The van der Waals surface area contributed by atoms with E-state index >= 15 is 0 Å². The Morgan fingerprint density at radius 1 is 0.833 bits per heavy atom. The van der Waals surface area contributed by atoms with Crippen LogP contribution in [0.5, 0.6) is 5.75 Å². The van der Waals surface area contributed by atoms with Gasteiger partial charge in [0, 0.05) is 18.0 Å². The van der Waals surface area contributed by atoms with E-state index in [1.165, 1.54) is 24.0 Å². The number of hydrogen-bond donors (Lipinski definition) is 1. The van der Waals surface area contributed by atoms with Crippen molar-refractivity contribution in [3.8, 4) is 5.75 Å². The average Bonchev–Trinajstić information content (AvgIpc) is 2.61. The van der Waals surface area contributed by atoms with Gasteiger partial charge in [-0.05, 0) is 43.0 Å². The second kappa shape index (κ2) is 7.91. The maximum absolute atomic E-state index is 9.87. The Bertz CT molecular complexity index is 673. The molecule has 0 heterocycles. The lowest BCUT2D eigenvalue weighted by atomic mass is 9.91. The van der Waals surface area contributed by atoms with E-state index in [9.17, 15) is 5.11 Å². The third-order valence-corrected chi connectivity index (χ3v) is 4.63. The second-order valence-corrected chi connectivity index (χ2v) is 6.39. The molecule has 1 saturated carbocycles. The van der Waals surface area contributed by atoms with Gasteiger partial charge < -0.3 is 5.11 Å². The minimum absolute atomic E-state index is 0.193. The Balaban J connectivity index is 1.74. The third-order valence-electron chi connectivity index (χ3n) is 4.63. The average molecular weight is 320 g/mol. The smallest absolute Gasteiger partial charge is 0.124 e. The molecule has 0 radical (unpaired) electrons. The molecule has 0 aromatic heterocycles. The van der Waals surface area contributed by atoms with Gasteiger partial charge >= 0.3 is 0 Å². The number of para-hydroxylation sites is 1. The molecular weight excluding hydrogens is 296 g/mol. The summed E-state index contributed by atoms with van der Waals surface area (Å²) in [6, 6.07) is 16.0. The molecule has 0 saturated heterocycles. The number of rotatable bonds is 4. The van der Waals surface area contributed by atoms with Crippen LogP contribution in [0.4, 0.5) is 0 Å². The van der Waals surface area contributed by atoms with E-state index in [0.717, 1.165) is 18.4 Å². The predicted octanol–water partition coefficient (Wildman–Crippen LogP) is 4.55. The van der Waals surface area contributed by atoms with Crippen molar-refractivity contribution < 1.29 is 5.11 Å². The van der Waals surface area contributed by atoms with E-state index in [1.807, 2.05) is 36.5 Å². The quantitative estimate of drug-likeness (QED) is 0.825.